The van der Waals surface area contributed by atoms with Gasteiger partial charge in [0, 0.05) is 37.2 Å². The molecule has 3 aromatic rings. The van der Waals surface area contributed by atoms with E-state index < -0.39 is 0 Å². The zero-order valence-corrected chi connectivity index (χ0v) is 19.7. The summed E-state index contributed by atoms with van der Waals surface area (Å²) < 4.78 is 7.47. The summed E-state index contributed by atoms with van der Waals surface area (Å²) in [5, 5.41) is 13.5. The zero-order chi connectivity index (χ0) is 24.0. The fourth-order valence-corrected chi connectivity index (χ4v) is 5.32. The van der Waals surface area contributed by atoms with Crippen LogP contribution in [0, 0.1) is 11.3 Å². The highest BCUT2D eigenvalue weighted by Crippen LogP contribution is 2.59. The second kappa shape index (κ2) is 8.43. The normalized spacial score (nSPS) is 21.4. The van der Waals surface area contributed by atoms with E-state index in [0.29, 0.717) is 34.8 Å². The van der Waals surface area contributed by atoms with Crippen LogP contribution in [0.3, 0.4) is 0 Å². The van der Waals surface area contributed by atoms with Crippen molar-refractivity contribution in [3.8, 4) is 17.1 Å². The number of hydrogen-bond donors (Lipinski definition) is 3. The molecule has 5 rings (SSSR count). The molecule has 1 aliphatic carbocycles. The number of aryl methyl sites for hydroxylation is 2. The summed E-state index contributed by atoms with van der Waals surface area (Å²) in [6.45, 7) is 6.03. The van der Waals surface area contributed by atoms with Gasteiger partial charge in [-0.05, 0) is 44.4 Å². The molecule has 1 aliphatic heterocycles. The molecule has 1 saturated carbocycles. The maximum atomic E-state index is 13.0. The first-order valence-electron chi connectivity index (χ1n) is 11.8. The van der Waals surface area contributed by atoms with E-state index >= 15 is 0 Å². The van der Waals surface area contributed by atoms with Gasteiger partial charge in [-0.25, -0.2) is 10.5 Å². The highest BCUT2D eigenvalue weighted by atomic mass is 16.5. The molecule has 1 amide bonds. The van der Waals surface area contributed by atoms with Crippen molar-refractivity contribution < 1.29 is 14.7 Å². The molecular formula is C24H30N6O4. The van der Waals surface area contributed by atoms with Crippen LogP contribution in [0.5, 0.6) is 5.75 Å². The Balaban J connectivity index is 1.54. The number of benzene rings is 1. The van der Waals surface area contributed by atoms with Crippen LogP contribution < -0.4 is 20.7 Å². The maximum Gasteiger partial charge on any atom is 0.277 e. The molecule has 2 atom stereocenters. The van der Waals surface area contributed by atoms with Gasteiger partial charge in [0.25, 0.3) is 5.56 Å². The van der Waals surface area contributed by atoms with Crippen molar-refractivity contribution >= 4 is 22.6 Å². The number of hydrogen-bond acceptors (Lipinski definition) is 7. The molecule has 2 unspecified atom stereocenters. The average Bonchev–Trinajstić information content (AvgIpc) is 3.20. The van der Waals surface area contributed by atoms with E-state index in [9.17, 15) is 9.59 Å². The Morgan fingerprint density at radius 2 is 2.21 bits per heavy atom. The lowest BCUT2D eigenvalue weighted by atomic mass is 10.0. The van der Waals surface area contributed by atoms with Crippen LogP contribution in [0.4, 0.5) is 5.69 Å². The van der Waals surface area contributed by atoms with Gasteiger partial charge >= 0.3 is 0 Å². The first kappa shape index (κ1) is 22.4. The van der Waals surface area contributed by atoms with E-state index in [1.165, 1.54) is 0 Å². The summed E-state index contributed by atoms with van der Waals surface area (Å²) in [4.78, 5) is 34.9. The number of H-pyrrole nitrogens is 1. The number of fused-ring (bicyclic) bond motifs is 1. The first-order valence-corrected chi connectivity index (χ1v) is 11.8. The summed E-state index contributed by atoms with van der Waals surface area (Å²) in [7, 11) is 1.76. The van der Waals surface area contributed by atoms with Crippen LogP contribution in [0.1, 0.15) is 38.8 Å². The van der Waals surface area contributed by atoms with Crippen molar-refractivity contribution in [2.45, 2.75) is 39.5 Å². The topological polar surface area (TPSA) is 125 Å². The number of nitrogens with zero attached hydrogens (tertiary/aromatic N) is 4. The molecule has 0 bridgehead atoms. The van der Waals surface area contributed by atoms with Gasteiger partial charge in [0.2, 0.25) is 5.91 Å². The number of ether oxygens (including phenoxy) is 1. The van der Waals surface area contributed by atoms with Crippen molar-refractivity contribution in [3.63, 3.8) is 0 Å². The molecule has 34 heavy (non-hydrogen) atoms. The SMILES string of the molecule is CCCc1nn(C)c2c(=O)[nH]c(-c3cc(N4CCC5(CC5C(=O)NO)C4)ccc3OCC)nc12. The van der Waals surface area contributed by atoms with Gasteiger partial charge in [0.05, 0.1) is 17.9 Å². The molecule has 10 heteroatoms. The number of rotatable bonds is 7. The lowest BCUT2D eigenvalue weighted by Gasteiger charge is -2.21. The van der Waals surface area contributed by atoms with Crippen LogP contribution in [0.2, 0.25) is 0 Å². The number of aromatic nitrogens is 4. The van der Waals surface area contributed by atoms with Crippen LogP contribution in [0.15, 0.2) is 23.0 Å². The summed E-state index contributed by atoms with van der Waals surface area (Å²) in [5.41, 5.74) is 5.06. The Morgan fingerprint density at radius 3 is 2.94 bits per heavy atom. The molecule has 2 fully saturated rings. The van der Waals surface area contributed by atoms with Gasteiger partial charge in [-0.3, -0.25) is 19.5 Å². The van der Waals surface area contributed by atoms with Gasteiger partial charge in [-0.15, -0.1) is 0 Å². The lowest BCUT2D eigenvalue weighted by Crippen LogP contribution is -2.26. The van der Waals surface area contributed by atoms with Crippen LogP contribution in [0.25, 0.3) is 22.4 Å². The largest absolute Gasteiger partial charge is 0.493 e. The second-order valence-electron chi connectivity index (χ2n) is 9.31. The second-order valence-corrected chi connectivity index (χ2v) is 9.31. The molecule has 10 nitrogen and oxygen atoms in total. The van der Waals surface area contributed by atoms with E-state index in [2.05, 4.69) is 21.9 Å². The summed E-state index contributed by atoms with van der Waals surface area (Å²) in [6, 6.07) is 5.90. The predicted octanol–water partition coefficient (Wildman–Crippen LogP) is 2.40. The molecule has 2 aliphatic rings. The van der Waals surface area contributed by atoms with Crippen molar-refractivity contribution in [1.29, 1.82) is 0 Å². The maximum absolute atomic E-state index is 13.0. The van der Waals surface area contributed by atoms with E-state index in [0.717, 1.165) is 50.2 Å². The van der Waals surface area contributed by atoms with Gasteiger partial charge in [0.15, 0.2) is 5.52 Å². The molecule has 2 aromatic heterocycles. The van der Waals surface area contributed by atoms with Gasteiger partial charge in [0.1, 0.15) is 17.1 Å². The van der Waals surface area contributed by atoms with Crippen molar-refractivity contribution in [3.05, 3.63) is 34.2 Å². The Kier molecular flexibility index (Phi) is 5.55. The van der Waals surface area contributed by atoms with E-state index in [-0.39, 0.29) is 22.8 Å². The quantitative estimate of drug-likeness (QED) is 0.361. The zero-order valence-electron chi connectivity index (χ0n) is 19.7. The van der Waals surface area contributed by atoms with Crippen molar-refractivity contribution in [2.24, 2.45) is 18.4 Å². The van der Waals surface area contributed by atoms with E-state index in [1.807, 2.05) is 25.1 Å². The monoisotopic (exact) mass is 466 g/mol. The standard InChI is InChI=1S/C24H30N6O4/c1-4-6-17-19-20(29(3)27-17)23(32)26-21(25-19)15-11-14(7-8-18(15)34-5-2)30-10-9-24(13-30)12-16(24)22(31)28-33/h7-8,11,16,33H,4-6,9-10,12-13H2,1-3H3,(H,28,31)(H,25,26,32). The number of anilines is 1. The lowest BCUT2D eigenvalue weighted by molar-refractivity contribution is -0.131. The fourth-order valence-electron chi connectivity index (χ4n) is 5.32. The molecule has 1 saturated heterocycles. The summed E-state index contributed by atoms with van der Waals surface area (Å²) >= 11 is 0. The molecule has 3 N–H and O–H groups in total. The average molecular weight is 467 g/mol. The number of carbonyl (C=O) groups excluding carboxylic acids is 1. The first-order chi connectivity index (χ1) is 16.4. The molecule has 3 heterocycles. The van der Waals surface area contributed by atoms with Crippen LogP contribution in [-0.4, -0.2) is 50.6 Å². The number of amides is 1. The minimum Gasteiger partial charge on any atom is -0.493 e. The van der Waals surface area contributed by atoms with Crippen LogP contribution >= 0.6 is 0 Å². The smallest absolute Gasteiger partial charge is 0.277 e. The summed E-state index contributed by atoms with van der Waals surface area (Å²) in [6.07, 6.45) is 3.32. The Bertz CT molecular complexity index is 1310. The fraction of sp³-hybridized carbons (Fsp3) is 0.500. The van der Waals surface area contributed by atoms with E-state index in [4.69, 9.17) is 14.9 Å². The third-order valence-electron chi connectivity index (χ3n) is 7.13. The Hall–Kier alpha value is -3.40. The number of aromatic amines is 1. The van der Waals surface area contributed by atoms with E-state index in [1.54, 1.807) is 17.2 Å². The number of carbonyl (C=O) groups is 1. The molecule has 1 spiro atoms. The molecule has 0 radical (unpaired) electrons. The molecule has 1 aromatic carbocycles. The van der Waals surface area contributed by atoms with Crippen LogP contribution in [-0.2, 0) is 18.3 Å². The van der Waals surface area contributed by atoms with Gasteiger partial charge in [-0.2, -0.15) is 5.10 Å². The minimum atomic E-state index is -0.302. The highest BCUT2D eigenvalue weighted by molar-refractivity contribution is 5.82. The van der Waals surface area contributed by atoms with Crippen molar-refractivity contribution in [2.75, 3.05) is 24.6 Å². The predicted molar refractivity (Wildman–Crippen MR) is 127 cm³/mol. The van der Waals surface area contributed by atoms with Gasteiger partial charge < -0.3 is 14.6 Å². The number of hydroxylamine groups is 1. The summed E-state index contributed by atoms with van der Waals surface area (Å²) in [5.74, 6) is 0.648. The Morgan fingerprint density at radius 1 is 1.38 bits per heavy atom. The van der Waals surface area contributed by atoms with Crippen molar-refractivity contribution in [1.82, 2.24) is 25.2 Å². The molecule has 180 valence electrons. The van der Waals surface area contributed by atoms with Gasteiger partial charge in [-0.1, -0.05) is 13.3 Å². The highest BCUT2D eigenvalue weighted by Gasteiger charge is 2.60. The third kappa shape index (κ3) is 3.62. The minimum absolute atomic E-state index is 0.0815. The third-order valence-corrected chi connectivity index (χ3v) is 7.13. The molecular weight excluding hydrogens is 436 g/mol. The number of nitrogens with one attached hydrogen (secondary N) is 2. The Labute approximate surface area is 196 Å².